The summed E-state index contributed by atoms with van der Waals surface area (Å²) in [6.07, 6.45) is 4.03. The number of hydrogen-bond acceptors (Lipinski definition) is 3. The highest BCUT2D eigenvalue weighted by Gasteiger charge is 2.43. The third-order valence-electron chi connectivity index (χ3n) is 4.84. The Morgan fingerprint density at radius 3 is 2.80 bits per heavy atom. The summed E-state index contributed by atoms with van der Waals surface area (Å²) in [7, 11) is 4.22. The van der Waals surface area contributed by atoms with E-state index in [-0.39, 0.29) is 0 Å². The lowest BCUT2D eigenvalue weighted by Gasteiger charge is -2.35. The summed E-state index contributed by atoms with van der Waals surface area (Å²) < 4.78 is 0. The number of anilines is 2. The van der Waals surface area contributed by atoms with Crippen LogP contribution in [0.5, 0.6) is 0 Å². The van der Waals surface area contributed by atoms with Crippen LogP contribution in [0.25, 0.3) is 0 Å². The number of nitrogens with one attached hydrogen (secondary N) is 1. The Balaban J connectivity index is 1.82. The predicted octanol–water partition coefficient (Wildman–Crippen LogP) is 2.72. The van der Waals surface area contributed by atoms with Crippen molar-refractivity contribution < 1.29 is 0 Å². The molecule has 1 saturated heterocycles. The van der Waals surface area contributed by atoms with Crippen LogP contribution in [-0.4, -0.2) is 39.3 Å². The van der Waals surface area contributed by atoms with Crippen molar-refractivity contribution in [3.63, 3.8) is 0 Å². The fourth-order valence-electron chi connectivity index (χ4n) is 3.36. The summed E-state index contributed by atoms with van der Waals surface area (Å²) in [4.78, 5) is 4.75. The minimum absolute atomic E-state index is 0.296. The van der Waals surface area contributed by atoms with Gasteiger partial charge in [-0.05, 0) is 56.8 Å². The molecule has 0 aromatic heterocycles. The average molecular weight is 273 g/mol. The Kier molecular flexibility index (Phi) is 3.63. The summed E-state index contributed by atoms with van der Waals surface area (Å²) in [5, 5.41) is 3.80. The average Bonchev–Trinajstić information content (AvgIpc) is 3.26. The first-order chi connectivity index (χ1) is 9.58. The van der Waals surface area contributed by atoms with Crippen molar-refractivity contribution in [1.29, 1.82) is 0 Å². The first-order valence-electron chi connectivity index (χ1n) is 7.86. The highest BCUT2D eigenvalue weighted by Crippen LogP contribution is 2.41. The van der Waals surface area contributed by atoms with E-state index in [1.165, 1.54) is 30.6 Å². The lowest BCUT2D eigenvalue weighted by molar-refractivity contribution is 0.331. The predicted molar refractivity (Wildman–Crippen MR) is 86.7 cm³/mol. The van der Waals surface area contributed by atoms with Crippen LogP contribution in [0.3, 0.4) is 0 Å². The Morgan fingerprint density at radius 1 is 1.30 bits per heavy atom. The molecule has 1 saturated carbocycles. The van der Waals surface area contributed by atoms with E-state index in [9.17, 15) is 0 Å². The second kappa shape index (κ2) is 5.28. The van der Waals surface area contributed by atoms with Crippen molar-refractivity contribution in [2.75, 3.05) is 43.5 Å². The van der Waals surface area contributed by atoms with Gasteiger partial charge in [0.05, 0.1) is 0 Å². The van der Waals surface area contributed by atoms with Crippen LogP contribution in [0, 0.1) is 5.92 Å². The summed E-state index contributed by atoms with van der Waals surface area (Å²) in [6, 6.07) is 8.93. The second-order valence-corrected chi connectivity index (χ2v) is 6.81. The van der Waals surface area contributed by atoms with E-state index >= 15 is 0 Å². The monoisotopic (exact) mass is 273 g/mol. The molecule has 1 N–H and O–H groups in total. The van der Waals surface area contributed by atoms with E-state index in [2.05, 4.69) is 60.4 Å². The summed E-state index contributed by atoms with van der Waals surface area (Å²) >= 11 is 0. The molecule has 3 heteroatoms. The Bertz CT molecular complexity index is 467. The molecule has 0 spiro atoms. The van der Waals surface area contributed by atoms with Gasteiger partial charge in [0.15, 0.2) is 0 Å². The first kappa shape index (κ1) is 13.7. The van der Waals surface area contributed by atoms with Crippen LogP contribution in [0.4, 0.5) is 11.4 Å². The van der Waals surface area contributed by atoms with Crippen molar-refractivity contribution in [3.8, 4) is 0 Å². The molecular weight excluding hydrogens is 246 g/mol. The molecule has 2 aliphatic rings. The number of nitrogens with zero attached hydrogens (tertiary/aromatic N) is 2. The number of benzene rings is 1. The van der Waals surface area contributed by atoms with Gasteiger partial charge in [0, 0.05) is 44.1 Å². The standard InChI is InChI=1S/C17H27N3/c1-17(14-8-9-14)13-20(11-5-10-18-17)16-7-4-6-15(12-16)19(2)3/h4,6-7,12,14,18H,5,8-11,13H2,1-3H3. The SMILES string of the molecule is CN(C)c1cccc(N2CCCNC(C)(C3CC3)C2)c1. The van der Waals surface area contributed by atoms with Crippen LogP contribution >= 0.6 is 0 Å². The van der Waals surface area contributed by atoms with E-state index in [0.717, 1.165) is 25.6 Å². The van der Waals surface area contributed by atoms with Crippen LogP contribution in [0.2, 0.25) is 0 Å². The molecule has 1 aromatic rings. The maximum atomic E-state index is 3.80. The van der Waals surface area contributed by atoms with Crippen LogP contribution in [0.15, 0.2) is 24.3 Å². The number of hydrogen-bond donors (Lipinski definition) is 1. The van der Waals surface area contributed by atoms with Crippen molar-refractivity contribution >= 4 is 11.4 Å². The molecule has 1 atom stereocenters. The molecule has 0 bridgehead atoms. The third kappa shape index (κ3) is 2.78. The molecule has 0 amide bonds. The maximum absolute atomic E-state index is 3.80. The van der Waals surface area contributed by atoms with Gasteiger partial charge in [-0.3, -0.25) is 0 Å². The molecule has 1 aromatic carbocycles. The molecule has 2 fully saturated rings. The fraction of sp³-hybridized carbons (Fsp3) is 0.647. The lowest BCUT2D eigenvalue weighted by atomic mass is 9.95. The van der Waals surface area contributed by atoms with Crippen molar-refractivity contribution in [1.82, 2.24) is 5.32 Å². The van der Waals surface area contributed by atoms with Gasteiger partial charge in [0.25, 0.3) is 0 Å². The van der Waals surface area contributed by atoms with E-state index in [1.807, 2.05) is 0 Å². The number of rotatable bonds is 3. The van der Waals surface area contributed by atoms with Crippen molar-refractivity contribution in [2.24, 2.45) is 5.92 Å². The second-order valence-electron chi connectivity index (χ2n) is 6.81. The highest BCUT2D eigenvalue weighted by atomic mass is 15.2. The molecule has 20 heavy (non-hydrogen) atoms. The topological polar surface area (TPSA) is 18.5 Å². The van der Waals surface area contributed by atoms with Gasteiger partial charge < -0.3 is 15.1 Å². The summed E-state index contributed by atoms with van der Waals surface area (Å²) in [6.45, 7) is 5.86. The zero-order chi connectivity index (χ0) is 14.2. The molecule has 3 nitrogen and oxygen atoms in total. The molecule has 1 unspecified atom stereocenters. The molecule has 1 aliphatic carbocycles. The Morgan fingerprint density at radius 2 is 2.10 bits per heavy atom. The van der Waals surface area contributed by atoms with E-state index in [4.69, 9.17) is 0 Å². The Hall–Kier alpha value is -1.22. The third-order valence-corrected chi connectivity index (χ3v) is 4.84. The highest BCUT2D eigenvalue weighted by molar-refractivity contribution is 5.59. The van der Waals surface area contributed by atoms with Crippen LogP contribution in [-0.2, 0) is 0 Å². The van der Waals surface area contributed by atoms with Crippen molar-refractivity contribution in [2.45, 2.75) is 31.7 Å². The van der Waals surface area contributed by atoms with Gasteiger partial charge in [-0.1, -0.05) is 6.07 Å². The summed E-state index contributed by atoms with van der Waals surface area (Å²) in [5.74, 6) is 0.875. The van der Waals surface area contributed by atoms with Gasteiger partial charge >= 0.3 is 0 Å². The van der Waals surface area contributed by atoms with Gasteiger partial charge in [0.1, 0.15) is 0 Å². The smallest absolute Gasteiger partial charge is 0.0387 e. The van der Waals surface area contributed by atoms with Gasteiger partial charge in [-0.15, -0.1) is 0 Å². The van der Waals surface area contributed by atoms with E-state index in [0.29, 0.717) is 5.54 Å². The summed E-state index contributed by atoms with van der Waals surface area (Å²) in [5.41, 5.74) is 2.95. The first-order valence-corrected chi connectivity index (χ1v) is 7.86. The molecule has 1 heterocycles. The molecule has 3 rings (SSSR count). The van der Waals surface area contributed by atoms with E-state index < -0.39 is 0 Å². The lowest BCUT2D eigenvalue weighted by Crippen LogP contribution is -2.51. The minimum atomic E-state index is 0.296. The van der Waals surface area contributed by atoms with Gasteiger partial charge in [0.2, 0.25) is 0 Å². The van der Waals surface area contributed by atoms with Gasteiger partial charge in [-0.25, -0.2) is 0 Å². The molecule has 1 aliphatic heterocycles. The molecular formula is C17H27N3. The maximum Gasteiger partial charge on any atom is 0.0387 e. The quantitative estimate of drug-likeness (QED) is 0.913. The largest absolute Gasteiger partial charge is 0.378 e. The normalized spacial score (nSPS) is 27.2. The fourth-order valence-corrected chi connectivity index (χ4v) is 3.36. The minimum Gasteiger partial charge on any atom is -0.378 e. The zero-order valence-electron chi connectivity index (χ0n) is 13.0. The van der Waals surface area contributed by atoms with Crippen molar-refractivity contribution in [3.05, 3.63) is 24.3 Å². The van der Waals surface area contributed by atoms with Crippen LogP contribution < -0.4 is 15.1 Å². The van der Waals surface area contributed by atoms with Crippen LogP contribution in [0.1, 0.15) is 26.2 Å². The van der Waals surface area contributed by atoms with Gasteiger partial charge in [-0.2, -0.15) is 0 Å². The molecule has 110 valence electrons. The molecule has 0 radical (unpaired) electrons. The Labute approximate surface area is 123 Å². The zero-order valence-corrected chi connectivity index (χ0v) is 13.0. The van der Waals surface area contributed by atoms with E-state index in [1.54, 1.807) is 0 Å².